The number of rotatable bonds is 4. The van der Waals surface area contributed by atoms with Crippen LogP contribution in [0.4, 0.5) is 0 Å². The molecule has 16 heavy (non-hydrogen) atoms. The zero-order chi connectivity index (χ0) is 12.5. The minimum Gasteiger partial charge on any atom is -0.479 e. The number of nitrogens with zero attached hydrogens (tertiary/aromatic N) is 1. The zero-order valence-corrected chi connectivity index (χ0v) is 10.5. The summed E-state index contributed by atoms with van der Waals surface area (Å²) >= 11 is 12.1. The minimum absolute atomic E-state index is 0.0402. The normalized spacial score (nSPS) is 16.8. The molecule has 0 saturated carbocycles. The van der Waals surface area contributed by atoms with Crippen LogP contribution in [0.15, 0.2) is 0 Å². The molecule has 0 aromatic carbocycles. The summed E-state index contributed by atoms with van der Waals surface area (Å²) in [5, 5.41) is 28.3. The second kappa shape index (κ2) is 4.85. The third-order valence-corrected chi connectivity index (χ3v) is 3.81. The van der Waals surface area contributed by atoms with Crippen molar-refractivity contribution in [3.63, 3.8) is 0 Å². The first-order valence-corrected chi connectivity index (χ1v) is 5.85. The number of thiazole rings is 1. The van der Waals surface area contributed by atoms with Gasteiger partial charge in [-0.3, -0.25) is 0 Å². The van der Waals surface area contributed by atoms with Crippen molar-refractivity contribution < 1.29 is 20.1 Å². The van der Waals surface area contributed by atoms with E-state index in [0.29, 0.717) is 0 Å². The fourth-order valence-electron chi connectivity index (χ4n) is 1.13. The molecule has 1 aromatic rings. The lowest BCUT2D eigenvalue weighted by molar-refractivity contribution is -0.172. The number of carboxylic acids is 1. The molecule has 0 aliphatic heterocycles. The van der Waals surface area contributed by atoms with E-state index in [1.807, 2.05) is 0 Å². The largest absolute Gasteiger partial charge is 0.479 e. The SMILES string of the molecule is CCC(O)(C(=O)O)[C@H](O)c1sc(Cl)nc1Cl. The molecule has 0 amide bonds. The van der Waals surface area contributed by atoms with Crippen LogP contribution in [0.3, 0.4) is 0 Å². The first kappa shape index (κ1) is 13.7. The van der Waals surface area contributed by atoms with Gasteiger partial charge in [0.25, 0.3) is 0 Å². The van der Waals surface area contributed by atoms with Gasteiger partial charge in [-0.15, -0.1) is 11.3 Å². The molecule has 0 fully saturated rings. The summed E-state index contributed by atoms with van der Waals surface area (Å²) in [6, 6.07) is 0. The van der Waals surface area contributed by atoms with Gasteiger partial charge in [0, 0.05) is 0 Å². The number of carboxylic acid groups (broad SMARTS) is 1. The maximum absolute atomic E-state index is 10.9. The Labute approximate surface area is 105 Å². The predicted octanol–water partition coefficient (Wildman–Crippen LogP) is 1.71. The molecular formula is C8H9Cl2NO4S. The Morgan fingerprint density at radius 3 is 2.50 bits per heavy atom. The van der Waals surface area contributed by atoms with E-state index in [4.69, 9.17) is 28.3 Å². The number of halogens is 2. The monoisotopic (exact) mass is 285 g/mol. The minimum atomic E-state index is -2.29. The van der Waals surface area contributed by atoms with E-state index in [1.54, 1.807) is 0 Å². The van der Waals surface area contributed by atoms with E-state index in [-0.39, 0.29) is 20.9 Å². The lowest BCUT2D eigenvalue weighted by Gasteiger charge is -2.26. The van der Waals surface area contributed by atoms with Crippen LogP contribution in [0.25, 0.3) is 0 Å². The summed E-state index contributed by atoms with van der Waals surface area (Å²) in [6.45, 7) is 1.44. The average molecular weight is 286 g/mol. The molecule has 2 atom stereocenters. The number of hydrogen-bond donors (Lipinski definition) is 3. The van der Waals surface area contributed by atoms with Crippen LogP contribution in [0, 0.1) is 0 Å². The second-order valence-corrected chi connectivity index (χ2v) is 5.08. The predicted molar refractivity (Wildman–Crippen MR) is 60.0 cm³/mol. The van der Waals surface area contributed by atoms with Crippen LogP contribution in [-0.4, -0.2) is 31.9 Å². The summed E-state index contributed by atoms with van der Waals surface area (Å²) in [7, 11) is 0. The van der Waals surface area contributed by atoms with Gasteiger partial charge < -0.3 is 15.3 Å². The molecule has 90 valence electrons. The van der Waals surface area contributed by atoms with Crippen LogP contribution in [0.5, 0.6) is 0 Å². The molecule has 0 saturated heterocycles. The van der Waals surface area contributed by atoms with Gasteiger partial charge in [-0.25, -0.2) is 9.78 Å². The third-order valence-electron chi connectivity index (χ3n) is 2.19. The molecule has 0 aliphatic carbocycles. The first-order valence-electron chi connectivity index (χ1n) is 4.28. The summed E-state index contributed by atoms with van der Waals surface area (Å²) in [5.41, 5.74) is -2.29. The molecule has 3 N–H and O–H groups in total. The first-order chi connectivity index (χ1) is 7.32. The number of aliphatic hydroxyl groups is 2. The Kier molecular flexibility index (Phi) is 4.14. The van der Waals surface area contributed by atoms with Crippen molar-refractivity contribution in [2.75, 3.05) is 0 Å². The quantitative estimate of drug-likeness (QED) is 0.783. The Balaban J connectivity index is 3.14. The molecule has 5 nitrogen and oxygen atoms in total. The molecule has 0 radical (unpaired) electrons. The standard InChI is InChI=1S/C8H9Cl2NO4S/c1-2-8(15,6(13)14)4(12)3-5(9)11-7(10)16-3/h4,12,15H,2H2,1H3,(H,13,14)/t4-,8?/m1/s1. The number of aliphatic carboxylic acids is 1. The van der Waals surface area contributed by atoms with E-state index in [0.717, 1.165) is 11.3 Å². The smallest absolute Gasteiger partial charge is 0.338 e. The number of hydrogen-bond acceptors (Lipinski definition) is 5. The highest BCUT2D eigenvalue weighted by atomic mass is 35.5. The van der Waals surface area contributed by atoms with Gasteiger partial charge in [-0.2, -0.15) is 0 Å². The molecule has 1 aromatic heterocycles. The topological polar surface area (TPSA) is 90.7 Å². The Morgan fingerprint density at radius 2 is 2.19 bits per heavy atom. The zero-order valence-electron chi connectivity index (χ0n) is 8.15. The number of carbonyl (C=O) groups is 1. The highest BCUT2D eigenvalue weighted by molar-refractivity contribution is 7.16. The maximum atomic E-state index is 10.9. The highest BCUT2D eigenvalue weighted by Gasteiger charge is 2.44. The van der Waals surface area contributed by atoms with Gasteiger partial charge in [0.2, 0.25) is 0 Å². The van der Waals surface area contributed by atoms with Gasteiger partial charge in [0.15, 0.2) is 10.1 Å². The Bertz CT molecular complexity index is 411. The van der Waals surface area contributed by atoms with Crippen molar-refractivity contribution in [3.05, 3.63) is 14.5 Å². The number of aromatic nitrogens is 1. The molecule has 0 bridgehead atoms. The summed E-state index contributed by atoms with van der Waals surface area (Å²) in [5.74, 6) is -1.52. The van der Waals surface area contributed by atoms with Crippen molar-refractivity contribution in [1.29, 1.82) is 0 Å². The van der Waals surface area contributed by atoms with Crippen molar-refractivity contribution in [2.24, 2.45) is 0 Å². The summed E-state index contributed by atoms with van der Waals surface area (Å²) in [6.07, 6.45) is -1.83. The lowest BCUT2D eigenvalue weighted by atomic mass is 9.93. The molecule has 8 heteroatoms. The van der Waals surface area contributed by atoms with Crippen LogP contribution < -0.4 is 0 Å². The number of aliphatic hydroxyl groups excluding tert-OH is 1. The Hall–Kier alpha value is -0.400. The van der Waals surface area contributed by atoms with Crippen molar-refractivity contribution >= 4 is 40.5 Å². The summed E-state index contributed by atoms with van der Waals surface area (Å²) in [4.78, 5) is 14.5. The molecule has 1 heterocycles. The van der Waals surface area contributed by atoms with E-state index < -0.39 is 17.7 Å². The van der Waals surface area contributed by atoms with Gasteiger partial charge in [-0.05, 0) is 6.42 Å². The van der Waals surface area contributed by atoms with Crippen molar-refractivity contribution in [3.8, 4) is 0 Å². The Morgan fingerprint density at radius 1 is 1.62 bits per heavy atom. The summed E-state index contributed by atoms with van der Waals surface area (Å²) < 4.78 is 0.0721. The molecule has 0 spiro atoms. The highest BCUT2D eigenvalue weighted by Crippen LogP contribution is 2.38. The van der Waals surface area contributed by atoms with Crippen LogP contribution >= 0.6 is 34.5 Å². The second-order valence-electron chi connectivity index (χ2n) is 3.11. The van der Waals surface area contributed by atoms with Gasteiger partial charge >= 0.3 is 5.97 Å². The average Bonchev–Trinajstić information content (AvgIpc) is 2.55. The van der Waals surface area contributed by atoms with Crippen molar-refractivity contribution in [1.82, 2.24) is 4.98 Å². The molecule has 1 unspecified atom stereocenters. The van der Waals surface area contributed by atoms with Crippen molar-refractivity contribution in [2.45, 2.75) is 25.0 Å². The third kappa shape index (κ3) is 2.31. The van der Waals surface area contributed by atoms with Crippen LogP contribution in [0.1, 0.15) is 24.3 Å². The fourth-order valence-corrected chi connectivity index (χ4v) is 2.62. The lowest BCUT2D eigenvalue weighted by Crippen LogP contribution is -2.43. The fraction of sp³-hybridized carbons (Fsp3) is 0.500. The van der Waals surface area contributed by atoms with E-state index in [2.05, 4.69) is 4.98 Å². The van der Waals surface area contributed by atoms with Gasteiger partial charge in [0.05, 0.1) is 4.88 Å². The van der Waals surface area contributed by atoms with E-state index in [9.17, 15) is 15.0 Å². The molecule has 0 aliphatic rings. The van der Waals surface area contributed by atoms with Crippen LogP contribution in [-0.2, 0) is 4.79 Å². The van der Waals surface area contributed by atoms with Gasteiger partial charge in [-0.1, -0.05) is 30.1 Å². The van der Waals surface area contributed by atoms with E-state index >= 15 is 0 Å². The van der Waals surface area contributed by atoms with Gasteiger partial charge in [0.1, 0.15) is 11.3 Å². The maximum Gasteiger partial charge on any atom is 0.338 e. The molecular weight excluding hydrogens is 277 g/mol. The van der Waals surface area contributed by atoms with E-state index in [1.165, 1.54) is 6.92 Å². The molecule has 1 rings (SSSR count). The van der Waals surface area contributed by atoms with Crippen LogP contribution in [0.2, 0.25) is 9.62 Å².